The van der Waals surface area contributed by atoms with Gasteiger partial charge in [-0.25, -0.2) is 4.39 Å². The van der Waals surface area contributed by atoms with Crippen molar-refractivity contribution >= 4 is 33.9 Å². The smallest absolute Gasteiger partial charge is 0.248 e. The fourth-order valence-corrected chi connectivity index (χ4v) is 4.46. The third kappa shape index (κ3) is 5.89. The molecule has 0 unspecified atom stereocenters. The SMILES string of the molecule is Cc1cc(N(C)/N=C2/CCN(C)[C@@H](C)/C2=C\C(=O)N/C=C\Nc2ccc3c(cnn3C)c2)cc(C)c1F. The zero-order chi connectivity index (χ0) is 26.7. The Bertz CT molecular complexity index is 1380. The third-order valence-electron chi connectivity index (χ3n) is 6.80. The van der Waals surface area contributed by atoms with Gasteiger partial charge in [-0.1, -0.05) is 0 Å². The van der Waals surface area contributed by atoms with Crippen LogP contribution in [0.1, 0.15) is 24.5 Å². The molecular formula is C28H34FN7O. The van der Waals surface area contributed by atoms with E-state index in [4.69, 9.17) is 5.10 Å². The van der Waals surface area contributed by atoms with Gasteiger partial charge in [-0.3, -0.25) is 19.4 Å². The van der Waals surface area contributed by atoms with E-state index in [1.807, 2.05) is 50.2 Å². The lowest BCUT2D eigenvalue weighted by molar-refractivity contribution is -0.115. The lowest BCUT2D eigenvalue weighted by atomic mass is 9.94. The quantitative estimate of drug-likeness (QED) is 0.383. The van der Waals surface area contributed by atoms with Crippen LogP contribution in [0.15, 0.2) is 65.7 Å². The number of amides is 1. The average molecular weight is 504 g/mol. The molecule has 9 heteroatoms. The predicted molar refractivity (Wildman–Crippen MR) is 148 cm³/mol. The molecule has 1 fully saturated rings. The average Bonchev–Trinajstić information content (AvgIpc) is 3.24. The molecule has 1 aliphatic rings. The van der Waals surface area contributed by atoms with Gasteiger partial charge in [-0.05, 0) is 74.9 Å². The van der Waals surface area contributed by atoms with Crippen molar-refractivity contribution in [3.05, 3.63) is 77.5 Å². The van der Waals surface area contributed by atoms with Gasteiger partial charge in [0.1, 0.15) is 5.82 Å². The number of benzene rings is 2. The van der Waals surface area contributed by atoms with E-state index in [2.05, 4.69) is 27.6 Å². The Labute approximate surface area is 217 Å². The van der Waals surface area contributed by atoms with E-state index in [1.165, 1.54) is 0 Å². The Kier molecular flexibility index (Phi) is 7.73. The van der Waals surface area contributed by atoms with Crippen LogP contribution < -0.4 is 15.6 Å². The molecule has 0 bridgehead atoms. The highest BCUT2D eigenvalue weighted by Crippen LogP contribution is 2.24. The summed E-state index contributed by atoms with van der Waals surface area (Å²) in [6.07, 6.45) is 7.40. The molecule has 1 saturated heterocycles. The number of piperidine rings is 1. The van der Waals surface area contributed by atoms with Gasteiger partial charge >= 0.3 is 0 Å². The van der Waals surface area contributed by atoms with Gasteiger partial charge in [0.05, 0.1) is 23.1 Å². The van der Waals surface area contributed by atoms with Crippen LogP contribution in [-0.2, 0) is 11.8 Å². The van der Waals surface area contributed by atoms with Crippen LogP contribution in [0.2, 0.25) is 0 Å². The maximum atomic E-state index is 14.1. The number of fused-ring (bicyclic) bond motifs is 1. The number of carbonyl (C=O) groups excluding carboxylic acids is 1. The monoisotopic (exact) mass is 503 g/mol. The van der Waals surface area contributed by atoms with Gasteiger partial charge in [-0.2, -0.15) is 10.2 Å². The van der Waals surface area contributed by atoms with Crippen molar-refractivity contribution in [2.24, 2.45) is 12.1 Å². The highest BCUT2D eigenvalue weighted by atomic mass is 19.1. The van der Waals surface area contributed by atoms with Crippen LogP contribution in [0.3, 0.4) is 0 Å². The highest BCUT2D eigenvalue weighted by molar-refractivity contribution is 6.07. The van der Waals surface area contributed by atoms with E-state index < -0.39 is 0 Å². The van der Waals surface area contributed by atoms with Gasteiger partial charge in [-0.15, -0.1) is 0 Å². The molecule has 4 rings (SSSR count). The van der Waals surface area contributed by atoms with Gasteiger partial charge < -0.3 is 10.6 Å². The number of rotatable bonds is 6. The molecule has 2 heterocycles. The number of likely N-dealkylation sites (tertiary alicyclic amines) is 1. The molecule has 194 valence electrons. The number of aromatic nitrogens is 2. The van der Waals surface area contributed by atoms with Gasteiger partial charge in [0.15, 0.2) is 0 Å². The number of anilines is 2. The summed E-state index contributed by atoms with van der Waals surface area (Å²) in [5.41, 5.74) is 5.61. The second-order valence-corrected chi connectivity index (χ2v) is 9.50. The Hall–Kier alpha value is -3.98. The standard InChI is InChI=1S/C28H34FN7O/c1-18-13-23(14-19(2)28(18)29)35(5)33-25-9-12-34(4)20(3)24(25)16-27(37)31-11-10-30-22-7-8-26-21(15-22)17-32-36(26)6/h7-8,10-11,13-17,20,30H,9,12H2,1-6H3,(H,31,37)/b11-10-,24-16+,33-25-/t20-/m0/s1. The summed E-state index contributed by atoms with van der Waals surface area (Å²) in [4.78, 5) is 15.0. The second kappa shape index (κ2) is 11.0. The molecule has 2 aromatic carbocycles. The second-order valence-electron chi connectivity index (χ2n) is 9.50. The van der Waals surface area contributed by atoms with E-state index >= 15 is 0 Å². The maximum Gasteiger partial charge on any atom is 0.248 e. The molecule has 1 aromatic heterocycles. The number of carbonyl (C=O) groups is 1. The Morgan fingerprint density at radius 1 is 1.19 bits per heavy atom. The molecule has 0 aliphatic carbocycles. The fraction of sp³-hybridized carbons (Fsp3) is 0.321. The largest absolute Gasteiger partial charge is 0.360 e. The zero-order valence-electron chi connectivity index (χ0n) is 22.2. The fourth-order valence-electron chi connectivity index (χ4n) is 4.46. The first-order chi connectivity index (χ1) is 17.6. The van der Waals surface area contributed by atoms with Crippen molar-refractivity contribution in [3.63, 3.8) is 0 Å². The highest BCUT2D eigenvalue weighted by Gasteiger charge is 2.26. The molecule has 8 nitrogen and oxygen atoms in total. The number of hydrazone groups is 1. The maximum absolute atomic E-state index is 14.1. The number of nitrogens with one attached hydrogen (secondary N) is 2. The lowest BCUT2D eigenvalue weighted by Crippen LogP contribution is -2.41. The number of nitrogens with zero attached hydrogens (tertiary/aromatic N) is 5. The summed E-state index contributed by atoms with van der Waals surface area (Å²) in [5.74, 6) is -0.433. The number of hydrogen-bond acceptors (Lipinski definition) is 6. The first-order valence-corrected chi connectivity index (χ1v) is 12.3. The minimum Gasteiger partial charge on any atom is -0.360 e. The Morgan fingerprint density at radius 2 is 1.92 bits per heavy atom. The molecule has 2 N–H and O–H groups in total. The number of aryl methyl sites for hydroxylation is 3. The molecular weight excluding hydrogens is 469 g/mol. The number of halogens is 1. The van der Waals surface area contributed by atoms with Gasteiger partial charge in [0, 0.05) is 62.7 Å². The van der Waals surface area contributed by atoms with Crippen LogP contribution >= 0.6 is 0 Å². The van der Waals surface area contributed by atoms with Crippen LogP contribution in [-0.4, -0.2) is 53.0 Å². The topological polar surface area (TPSA) is 77.8 Å². The minimum atomic E-state index is -0.235. The third-order valence-corrected chi connectivity index (χ3v) is 6.80. The minimum absolute atomic E-state index is 0.0247. The first-order valence-electron chi connectivity index (χ1n) is 12.3. The predicted octanol–water partition coefficient (Wildman–Crippen LogP) is 4.47. The van der Waals surface area contributed by atoms with Crippen LogP contribution in [0.4, 0.5) is 15.8 Å². The summed E-state index contributed by atoms with van der Waals surface area (Å²) < 4.78 is 15.9. The van der Waals surface area contributed by atoms with E-state index in [0.717, 1.165) is 40.1 Å². The van der Waals surface area contributed by atoms with E-state index in [-0.39, 0.29) is 17.8 Å². The molecule has 0 radical (unpaired) electrons. The van der Waals surface area contributed by atoms with E-state index in [9.17, 15) is 9.18 Å². The summed E-state index contributed by atoms with van der Waals surface area (Å²) in [6, 6.07) is 9.54. The molecule has 1 amide bonds. The Balaban J connectivity index is 1.46. The summed E-state index contributed by atoms with van der Waals surface area (Å²) in [7, 11) is 5.78. The summed E-state index contributed by atoms with van der Waals surface area (Å²) in [5, 5.41) is 17.8. The zero-order valence-corrected chi connectivity index (χ0v) is 22.2. The van der Waals surface area contributed by atoms with Crippen molar-refractivity contribution in [2.45, 2.75) is 33.2 Å². The first kappa shape index (κ1) is 26.1. The van der Waals surface area contributed by atoms with E-state index in [0.29, 0.717) is 17.5 Å². The lowest BCUT2D eigenvalue weighted by Gasteiger charge is -2.33. The van der Waals surface area contributed by atoms with Crippen molar-refractivity contribution in [3.8, 4) is 0 Å². The van der Waals surface area contributed by atoms with Crippen molar-refractivity contribution in [1.82, 2.24) is 20.0 Å². The molecule has 1 atom stereocenters. The van der Waals surface area contributed by atoms with Gasteiger partial charge in [0.25, 0.3) is 0 Å². The molecule has 0 spiro atoms. The number of hydrogen-bond donors (Lipinski definition) is 2. The van der Waals surface area contributed by atoms with Crippen molar-refractivity contribution in [2.75, 3.05) is 31.0 Å². The normalized spacial score (nSPS) is 18.7. The van der Waals surface area contributed by atoms with Crippen molar-refractivity contribution < 1.29 is 9.18 Å². The molecule has 37 heavy (non-hydrogen) atoms. The number of likely N-dealkylation sites (N-methyl/N-ethyl adjacent to an activating group) is 1. The van der Waals surface area contributed by atoms with Crippen molar-refractivity contribution in [1.29, 1.82) is 0 Å². The van der Waals surface area contributed by atoms with E-state index in [1.54, 1.807) is 49.5 Å². The molecule has 1 aliphatic heterocycles. The molecule has 3 aromatic rings. The molecule has 0 saturated carbocycles. The summed E-state index contributed by atoms with van der Waals surface area (Å²) in [6.45, 7) is 6.39. The van der Waals surface area contributed by atoms with Crippen LogP contribution in [0.5, 0.6) is 0 Å². The Morgan fingerprint density at radius 3 is 2.65 bits per heavy atom. The summed E-state index contributed by atoms with van der Waals surface area (Å²) >= 11 is 0. The van der Waals surface area contributed by atoms with Crippen LogP contribution in [0, 0.1) is 19.7 Å². The van der Waals surface area contributed by atoms with Gasteiger partial charge in [0.2, 0.25) is 5.91 Å². The van der Waals surface area contributed by atoms with Crippen LogP contribution in [0.25, 0.3) is 10.9 Å².